The predicted octanol–water partition coefficient (Wildman–Crippen LogP) is 3.02. The lowest BCUT2D eigenvalue weighted by atomic mass is 10.1. The molecule has 0 amide bonds. The van der Waals surface area contributed by atoms with Crippen molar-refractivity contribution in [3.63, 3.8) is 0 Å². The van der Waals surface area contributed by atoms with Crippen molar-refractivity contribution in [2.45, 2.75) is 0 Å². The molecule has 1 aromatic carbocycles. The summed E-state index contributed by atoms with van der Waals surface area (Å²) in [6, 6.07) is 7.41. The summed E-state index contributed by atoms with van der Waals surface area (Å²) in [6.45, 7) is 0. The second-order valence-electron chi connectivity index (χ2n) is 3.29. The van der Waals surface area contributed by atoms with E-state index in [4.69, 9.17) is 0 Å². The summed E-state index contributed by atoms with van der Waals surface area (Å²) in [4.78, 5) is 12.2. The third-order valence-electron chi connectivity index (χ3n) is 2.23. The van der Waals surface area contributed by atoms with Crippen LogP contribution in [0.1, 0.15) is 16.1 Å². The van der Waals surface area contributed by atoms with E-state index in [1.165, 1.54) is 0 Å². The van der Waals surface area contributed by atoms with Gasteiger partial charge in [-0.15, -0.1) is 0 Å². The Kier molecular flexibility index (Phi) is 3.44. The van der Waals surface area contributed by atoms with Gasteiger partial charge in [0.05, 0.1) is 0 Å². The van der Waals surface area contributed by atoms with Crippen LogP contribution in [0.15, 0.2) is 34.9 Å². The molecule has 5 heteroatoms. The Morgan fingerprint density at radius 2 is 2.19 bits per heavy atom. The SMILES string of the molecule is Cn1nccc1C(=O)c1cc(I)ccc1Br. The lowest BCUT2D eigenvalue weighted by molar-refractivity contribution is 0.102. The van der Waals surface area contributed by atoms with Crippen molar-refractivity contribution in [2.24, 2.45) is 7.05 Å². The molecule has 0 saturated carbocycles. The smallest absolute Gasteiger partial charge is 0.212 e. The molecule has 0 unspecified atom stereocenters. The maximum Gasteiger partial charge on any atom is 0.212 e. The van der Waals surface area contributed by atoms with Crippen LogP contribution in [0, 0.1) is 3.57 Å². The first kappa shape index (κ1) is 11.8. The monoisotopic (exact) mass is 390 g/mol. The van der Waals surface area contributed by atoms with Gasteiger partial charge in [0, 0.05) is 26.9 Å². The highest BCUT2D eigenvalue weighted by Gasteiger charge is 2.15. The zero-order valence-corrected chi connectivity index (χ0v) is 12.2. The van der Waals surface area contributed by atoms with E-state index >= 15 is 0 Å². The first-order valence-corrected chi connectivity index (χ1v) is 6.44. The highest BCUT2D eigenvalue weighted by molar-refractivity contribution is 14.1. The minimum Gasteiger partial charge on any atom is -0.287 e. The minimum absolute atomic E-state index is 0.0228. The molecule has 1 heterocycles. The number of nitrogens with zero attached hydrogens (tertiary/aromatic N) is 2. The lowest BCUT2D eigenvalue weighted by Crippen LogP contribution is -2.09. The van der Waals surface area contributed by atoms with Crippen LogP contribution in [0.3, 0.4) is 0 Å². The molecular formula is C11H8BrIN2O. The molecule has 2 aromatic rings. The highest BCUT2D eigenvalue weighted by atomic mass is 127. The molecule has 82 valence electrons. The van der Waals surface area contributed by atoms with Crippen molar-refractivity contribution < 1.29 is 4.79 Å². The zero-order chi connectivity index (χ0) is 11.7. The Labute approximate surface area is 115 Å². The molecule has 0 bridgehead atoms. The fourth-order valence-corrected chi connectivity index (χ4v) is 2.32. The van der Waals surface area contributed by atoms with Gasteiger partial charge in [-0.05, 0) is 46.9 Å². The molecule has 2 rings (SSSR count). The Balaban J connectivity index is 2.49. The van der Waals surface area contributed by atoms with Gasteiger partial charge in [-0.25, -0.2) is 0 Å². The molecule has 0 spiro atoms. The Morgan fingerprint density at radius 1 is 1.44 bits per heavy atom. The molecule has 1 aromatic heterocycles. The van der Waals surface area contributed by atoms with E-state index in [0.29, 0.717) is 11.3 Å². The predicted molar refractivity (Wildman–Crippen MR) is 73.5 cm³/mol. The van der Waals surface area contributed by atoms with E-state index in [1.807, 2.05) is 18.2 Å². The van der Waals surface area contributed by atoms with Crippen molar-refractivity contribution in [3.8, 4) is 0 Å². The molecule has 0 aliphatic rings. The maximum atomic E-state index is 12.2. The van der Waals surface area contributed by atoms with Gasteiger partial charge in [-0.1, -0.05) is 15.9 Å². The second kappa shape index (κ2) is 4.67. The van der Waals surface area contributed by atoms with Crippen molar-refractivity contribution in [2.75, 3.05) is 0 Å². The number of hydrogen-bond acceptors (Lipinski definition) is 2. The Morgan fingerprint density at radius 3 is 2.81 bits per heavy atom. The first-order chi connectivity index (χ1) is 7.59. The maximum absolute atomic E-state index is 12.2. The average Bonchev–Trinajstić information content (AvgIpc) is 2.67. The molecule has 0 atom stereocenters. The Bertz CT molecular complexity index is 551. The molecule has 0 aliphatic heterocycles. The van der Waals surface area contributed by atoms with Crippen molar-refractivity contribution >= 4 is 44.3 Å². The number of carbonyl (C=O) groups excluding carboxylic acids is 1. The van der Waals surface area contributed by atoms with Crippen molar-refractivity contribution in [3.05, 3.63) is 49.8 Å². The van der Waals surface area contributed by atoms with Crippen LogP contribution in [0.2, 0.25) is 0 Å². The third kappa shape index (κ3) is 2.20. The summed E-state index contributed by atoms with van der Waals surface area (Å²) in [5, 5.41) is 3.99. The fourth-order valence-electron chi connectivity index (χ4n) is 1.41. The summed E-state index contributed by atoms with van der Waals surface area (Å²) >= 11 is 5.57. The number of aromatic nitrogens is 2. The van der Waals surface area contributed by atoms with Crippen molar-refractivity contribution in [1.82, 2.24) is 9.78 Å². The van der Waals surface area contributed by atoms with Gasteiger partial charge in [0.15, 0.2) is 0 Å². The van der Waals surface area contributed by atoms with E-state index in [2.05, 4.69) is 43.6 Å². The van der Waals surface area contributed by atoms with Gasteiger partial charge in [0.1, 0.15) is 5.69 Å². The van der Waals surface area contributed by atoms with Gasteiger partial charge in [-0.3, -0.25) is 9.48 Å². The average molecular weight is 391 g/mol. The summed E-state index contributed by atoms with van der Waals surface area (Å²) in [6.07, 6.45) is 1.62. The normalized spacial score (nSPS) is 10.4. The molecule has 16 heavy (non-hydrogen) atoms. The van der Waals surface area contributed by atoms with Gasteiger partial charge in [-0.2, -0.15) is 5.10 Å². The zero-order valence-electron chi connectivity index (χ0n) is 8.45. The van der Waals surface area contributed by atoms with E-state index in [0.717, 1.165) is 8.04 Å². The minimum atomic E-state index is -0.0228. The van der Waals surface area contributed by atoms with Gasteiger partial charge in [0.25, 0.3) is 0 Å². The largest absolute Gasteiger partial charge is 0.287 e. The Hall–Kier alpha value is -0.690. The number of hydrogen-bond donors (Lipinski definition) is 0. The molecular weight excluding hydrogens is 383 g/mol. The molecule has 0 radical (unpaired) electrons. The first-order valence-electron chi connectivity index (χ1n) is 4.57. The van der Waals surface area contributed by atoms with E-state index in [-0.39, 0.29) is 5.78 Å². The van der Waals surface area contributed by atoms with Crippen LogP contribution in [-0.2, 0) is 7.05 Å². The van der Waals surface area contributed by atoms with Crippen molar-refractivity contribution in [1.29, 1.82) is 0 Å². The second-order valence-corrected chi connectivity index (χ2v) is 5.39. The number of rotatable bonds is 2. The summed E-state index contributed by atoms with van der Waals surface area (Å²) in [5.74, 6) is -0.0228. The molecule has 3 nitrogen and oxygen atoms in total. The summed E-state index contributed by atoms with van der Waals surface area (Å²) in [5.41, 5.74) is 1.25. The standard InChI is InChI=1S/C11H8BrIN2O/c1-15-10(4-5-14-15)11(16)8-6-7(13)2-3-9(8)12/h2-6H,1H3. The number of benzene rings is 1. The summed E-state index contributed by atoms with van der Waals surface area (Å²) < 4.78 is 3.42. The third-order valence-corrected chi connectivity index (χ3v) is 3.59. The fraction of sp³-hybridized carbons (Fsp3) is 0.0909. The molecule has 0 fully saturated rings. The topological polar surface area (TPSA) is 34.9 Å². The number of halogens is 2. The van der Waals surface area contributed by atoms with E-state index < -0.39 is 0 Å². The van der Waals surface area contributed by atoms with E-state index in [1.54, 1.807) is 24.0 Å². The van der Waals surface area contributed by atoms with Gasteiger partial charge in [0.2, 0.25) is 5.78 Å². The number of ketones is 1. The van der Waals surface area contributed by atoms with Crippen LogP contribution < -0.4 is 0 Å². The van der Waals surface area contributed by atoms with Crippen LogP contribution in [0.4, 0.5) is 0 Å². The van der Waals surface area contributed by atoms with E-state index in [9.17, 15) is 4.79 Å². The molecule has 0 N–H and O–H groups in total. The quantitative estimate of drug-likeness (QED) is 0.583. The van der Waals surface area contributed by atoms with Crippen LogP contribution in [-0.4, -0.2) is 15.6 Å². The summed E-state index contributed by atoms with van der Waals surface area (Å²) in [7, 11) is 1.76. The van der Waals surface area contributed by atoms with Gasteiger partial charge >= 0.3 is 0 Å². The van der Waals surface area contributed by atoms with Gasteiger partial charge < -0.3 is 0 Å². The molecule has 0 saturated heterocycles. The number of carbonyl (C=O) groups is 1. The van der Waals surface area contributed by atoms with Crippen LogP contribution in [0.5, 0.6) is 0 Å². The van der Waals surface area contributed by atoms with Crippen LogP contribution in [0.25, 0.3) is 0 Å². The van der Waals surface area contributed by atoms with Crippen LogP contribution >= 0.6 is 38.5 Å². The lowest BCUT2D eigenvalue weighted by Gasteiger charge is -2.04. The number of aryl methyl sites for hydroxylation is 1. The highest BCUT2D eigenvalue weighted by Crippen LogP contribution is 2.22. The molecule has 0 aliphatic carbocycles.